The lowest BCUT2D eigenvalue weighted by atomic mass is 10.0. The zero-order valence-corrected chi connectivity index (χ0v) is 20.2. The van der Waals surface area contributed by atoms with Gasteiger partial charge in [0.2, 0.25) is 0 Å². The van der Waals surface area contributed by atoms with E-state index in [0.29, 0.717) is 22.1 Å². The Balaban J connectivity index is 1.40. The van der Waals surface area contributed by atoms with Crippen LogP contribution in [0.25, 0.3) is 28.2 Å². The molecule has 176 valence electrons. The van der Waals surface area contributed by atoms with Crippen LogP contribution in [0.3, 0.4) is 0 Å². The van der Waals surface area contributed by atoms with Crippen LogP contribution in [-0.4, -0.2) is 22.9 Å². The second-order valence-corrected chi connectivity index (χ2v) is 8.55. The van der Waals surface area contributed by atoms with Crippen molar-refractivity contribution in [3.63, 3.8) is 0 Å². The number of carbonyl (C=O) groups is 1. The Labute approximate surface area is 214 Å². The van der Waals surface area contributed by atoms with Gasteiger partial charge in [-0.05, 0) is 83.9 Å². The van der Waals surface area contributed by atoms with Gasteiger partial charge in [0.15, 0.2) is 11.4 Å². The Morgan fingerprint density at radius 3 is 2.42 bits per heavy atom. The lowest BCUT2D eigenvalue weighted by Crippen LogP contribution is -2.00. The minimum absolute atomic E-state index is 0.0801. The average Bonchev–Trinajstić information content (AvgIpc) is 2.92. The van der Waals surface area contributed by atoms with Crippen molar-refractivity contribution < 1.29 is 9.53 Å². The van der Waals surface area contributed by atoms with E-state index in [-0.39, 0.29) is 5.78 Å². The molecular weight excluding hydrogens is 470 g/mol. The molecule has 2 aromatic heterocycles. The molecule has 0 saturated carbocycles. The standard InChI is InChI=1S/C30H22ClN3O2/c1-36-26-15-9-21(10-16-26)27-19-23-3-2-18-32-29(23)34-30(27)33-25-13-7-22(8-14-25)28(35)17-6-20-4-11-24(31)12-5-20/h2-19H,1H3,(H,32,33,34)/b17-6+. The first kappa shape index (κ1) is 23.3. The zero-order chi connectivity index (χ0) is 24.9. The molecule has 2 heterocycles. The third kappa shape index (κ3) is 5.27. The van der Waals surface area contributed by atoms with Crippen molar-refractivity contribution in [2.75, 3.05) is 12.4 Å². The van der Waals surface area contributed by atoms with Crippen LogP contribution in [0.5, 0.6) is 5.75 Å². The summed E-state index contributed by atoms with van der Waals surface area (Å²) >= 11 is 5.92. The molecule has 3 aromatic carbocycles. The van der Waals surface area contributed by atoms with Gasteiger partial charge in [0, 0.05) is 33.4 Å². The van der Waals surface area contributed by atoms with Crippen LogP contribution in [0.15, 0.2) is 103 Å². The quantitative estimate of drug-likeness (QED) is 0.187. The highest BCUT2D eigenvalue weighted by Gasteiger charge is 2.11. The van der Waals surface area contributed by atoms with Crippen molar-refractivity contribution in [2.24, 2.45) is 0 Å². The van der Waals surface area contributed by atoms with E-state index in [1.54, 1.807) is 49.7 Å². The first-order chi connectivity index (χ1) is 17.6. The van der Waals surface area contributed by atoms with Crippen molar-refractivity contribution in [3.05, 3.63) is 119 Å². The maximum atomic E-state index is 12.6. The molecule has 5 nitrogen and oxygen atoms in total. The van der Waals surface area contributed by atoms with Crippen LogP contribution in [-0.2, 0) is 0 Å². The molecule has 0 aliphatic carbocycles. The summed E-state index contributed by atoms with van der Waals surface area (Å²) in [6.45, 7) is 0. The van der Waals surface area contributed by atoms with Crippen LogP contribution in [0.1, 0.15) is 15.9 Å². The first-order valence-electron chi connectivity index (χ1n) is 11.3. The molecule has 0 radical (unpaired) electrons. The molecular formula is C30H22ClN3O2. The number of anilines is 2. The zero-order valence-electron chi connectivity index (χ0n) is 19.5. The number of allylic oxidation sites excluding steroid dienone is 1. The number of halogens is 1. The molecule has 0 aliphatic heterocycles. The molecule has 1 N–H and O–H groups in total. The van der Waals surface area contributed by atoms with Crippen LogP contribution in [0.2, 0.25) is 5.02 Å². The van der Waals surface area contributed by atoms with E-state index in [4.69, 9.17) is 21.3 Å². The van der Waals surface area contributed by atoms with E-state index >= 15 is 0 Å². The number of hydrogen-bond donors (Lipinski definition) is 1. The van der Waals surface area contributed by atoms with E-state index in [1.165, 1.54) is 0 Å². The normalized spacial score (nSPS) is 11.1. The Bertz CT molecular complexity index is 1550. The van der Waals surface area contributed by atoms with Crippen molar-refractivity contribution in [3.8, 4) is 16.9 Å². The average molecular weight is 492 g/mol. The molecule has 0 amide bonds. The van der Waals surface area contributed by atoms with E-state index < -0.39 is 0 Å². The van der Waals surface area contributed by atoms with Gasteiger partial charge in [0.05, 0.1) is 7.11 Å². The summed E-state index contributed by atoms with van der Waals surface area (Å²) in [5.74, 6) is 1.38. The predicted molar refractivity (Wildman–Crippen MR) is 146 cm³/mol. The number of carbonyl (C=O) groups excluding carboxylic acids is 1. The van der Waals surface area contributed by atoms with Gasteiger partial charge in [-0.25, -0.2) is 9.97 Å². The van der Waals surface area contributed by atoms with Gasteiger partial charge in [-0.3, -0.25) is 4.79 Å². The SMILES string of the molecule is COc1ccc(-c2cc3cccnc3nc2Nc2ccc(C(=O)/C=C/c3ccc(Cl)cc3)cc2)cc1. The molecule has 36 heavy (non-hydrogen) atoms. The van der Waals surface area contributed by atoms with Gasteiger partial charge in [-0.15, -0.1) is 0 Å². The largest absolute Gasteiger partial charge is 0.497 e. The number of rotatable bonds is 7. The van der Waals surface area contributed by atoms with E-state index in [9.17, 15) is 4.79 Å². The van der Waals surface area contributed by atoms with E-state index in [2.05, 4.69) is 16.4 Å². The van der Waals surface area contributed by atoms with E-state index in [0.717, 1.165) is 33.5 Å². The predicted octanol–water partition coefficient (Wildman–Crippen LogP) is 7.60. The third-order valence-corrected chi connectivity index (χ3v) is 5.97. The van der Waals surface area contributed by atoms with Crippen LogP contribution in [0, 0.1) is 0 Å². The summed E-state index contributed by atoms with van der Waals surface area (Å²) in [5, 5.41) is 5.00. The van der Waals surface area contributed by atoms with Crippen LogP contribution < -0.4 is 10.1 Å². The molecule has 0 aliphatic rings. The summed E-state index contributed by atoms with van der Waals surface area (Å²) in [5.41, 5.74) is 4.89. The van der Waals surface area contributed by atoms with E-state index in [1.807, 2.05) is 60.7 Å². The Kier molecular flexibility index (Phi) is 6.74. The monoisotopic (exact) mass is 491 g/mol. The van der Waals surface area contributed by atoms with Crippen molar-refractivity contribution in [1.29, 1.82) is 0 Å². The van der Waals surface area contributed by atoms with Gasteiger partial charge in [-0.2, -0.15) is 0 Å². The molecule has 0 spiro atoms. The maximum Gasteiger partial charge on any atom is 0.185 e. The fraction of sp³-hybridized carbons (Fsp3) is 0.0333. The number of methoxy groups -OCH3 is 1. The highest BCUT2D eigenvalue weighted by molar-refractivity contribution is 6.30. The molecule has 5 aromatic rings. The molecule has 0 unspecified atom stereocenters. The number of nitrogens with one attached hydrogen (secondary N) is 1. The molecule has 6 heteroatoms. The number of ketones is 1. The lowest BCUT2D eigenvalue weighted by molar-refractivity contribution is 0.104. The number of aromatic nitrogens is 2. The first-order valence-corrected chi connectivity index (χ1v) is 11.7. The molecule has 5 rings (SSSR count). The Hall–Kier alpha value is -4.48. The summed E-state index contributed by atoms with van der Waals surface area (Å²) in [7, 11) is 1.65. The highest BCUT2D eigenvalue weighted by atomic mass is 35.5. The summed E-state index contributed by atoms with van der Waals surface area (Å²) in [6.07, 6.45) is 5.06. The molecule has 0 fully saturated rings. The second kappa shape index (κ2) is 10.4. The molecule has 0 atom stereocenters. The highest BCUT2D eigenvalue weighted by Crippen LogP contribution is 2.32. The number of ether oxygens (including phenoxy) is 1. The smallest absolute Gasteiger partial charge is 0.185 e. The minimum atomic E-state index is -0.0801. The number of benzene rings is 3. The fourth-order valence-electron chi connectivity index (χ4n) is 3.79. The summed E-state index contributed by atoms with van der Waals surface area (Å²) in [6, 6.07) is 28.4. The van der Waals surface area contributed by atoms with Gasteiger partial charge >= 0.3 is 0 Å². The molecule has 0 saturated heterocycles. The minimum Gasteiger partial charge on any atom is -0.497 e. The number of fused-ring (bicyclic) bond motifs is 1. The molecule has 0 bridgehead atoms. The summed E-state index contributed by atoms with van der Waals surface area (Å²) in [4.78, 5) is 21.8. The van der Waals surface area contributed by atoms with Crippen LogP contribution >= 0.6 is 11.6 Å². The van der Waals surface area contributed by atoms with Crippen molar-refractivity contribution in [2.45, 2.75) is 0 Å². The maximum absolute atomic E-state index is 12.6. The van der Waals surface area contributed by atoms with Crippen molar-refractivity contribution >= 4 is 46.0 Å². The Morgan fingerprint density at radius 1 is 0.944 bits per heavy atom. The van der Waals surface area contributed by atoms with Crippen molar-refractivity contribution in [1.82, 2.24) is 9.97 Å². The second-order valence-electron chi connectivity index (χ2n) is 8.11. The van der Waals surface area contributed by atoms with Gasteiger partial charge in [-0.1, -0.05) is 41.9 Å². The Morgan fingerprint density at radius 2 is 1.69 bits per heavy atom. The van der Waals surface area contributed by atoms with Gasteiger partial charge in [0.1, 0.15) is 11.6 Å². The lowest BCUT2D eigenvalue weighted by Gasteiger charge is -2.13. The third-order valence-electron chi connectivity index (χ3n) is 5.72. The fourth-order valence-corrected chi connectivity index (χ4v) is 3.91. The summed E-state index contributed by atoms with van der Waals surface area (Å²) < 4.78 is 5.30. The number of hydrogen-bond acceptors (Lipinski definition) is 5. The van der Waals surface area contributed by atoms with Gasteiger partial charge in [0.25, 0.3) is 0 Å². The topological polar surface area (TPSA) is 64.1 Å². The van der Waals surface area contributed by atoms with Gasteiger partial charge < -0.3 is 10.1 Å². The van der Waals surface area contributed by atoms with Crippen LogP contribution in [0.4, 0.5) is 11.5 Å². The number of pyridine rings is 2. The number of nitrogens with zero attached hydrogens (tertiary/aromatic N) is 2.